The summed E-state index contributed by atoms with van der Waals surface area (Å²) in [6.07, 6.45) is -2.46. The number of benzene rings is 1. The molecule has 0 aliphatic carbocycles. The number of ether oxygens (including phenoxy) is 1. The van der Waals surface area contributed by atoms with Crippen molar-refractivity contribution >= 4 is 35.5 Å². The van der Waals surface area contributed by atoms with Crippen molar-refractivity contribution in [3.8, 4) is 11.4 Å². The molecule has 2 fully saturated rings. The molecule has 0 amide bonds. The van der Waals surface area contributed by atoms with Crippen LogP contribution in [0.15, 0.2) is 30.6 Å². The average molecular weight is 439 g/mol. The first-order valence-electron chi connectivity index (χ1n) is 8.58. The summed E-state index contributed by atoms with van der Waals surface area (Å²) in [5.41, 5.74) is 7.13. The van der Waals surface area contributed by atoms with Crippen LogP contribution >= 0.6 is 6.72 Å². The molecule has 2 aromatic heterocycles. The van der Waals surface area contributed by atoms with Gasteiger partial charge in [0.05, 0.1) is 6.61 Å². The number of hydrogen-bond donors (Lipinski definition) is 3. The first-order valence-corrected chi connectivity index (χ1v) is 11.2. The Hall–Kier alpha value is -2.05. The van der Waals surface area contributed by atoms with Crippen LogP contribution in [0.2, 0.25) is 0 Å². The molecule has 152 valence electrons. The Morgan fingerprint density at radius 1 is 1.28 bits per heavy atom. The van der Waals surface area contributed by atoms with E-state index in [9.17, 15) is 14.4 Å². The van der Waals surface area contributed by atoms with Crippen LogP contribution in [0.3, 0.4) is 0 Å². The smallest absolute Gasteiger partial charge is 0.325 e. The minimum absolute atomic E-state index is 0.0262. The molecular formula is C16H15FN5O5PS. The molecule has 29 heavy (non-hydrogen) atoms. The highest BCUT2D eigenvalue weighted by Crippen LogP contribution is 2.53. The largest absolute Gasteiger partial charge is 0.386 e. The van der Waals surface area contributed by atoms with Gasteiger partial charge in [0.2, 0.25) is 0 Å². The molecule has 0 spiro atoms. The maximum Gasteiger partial charge on any atom is 0.325 e. The molecule has 2 aliphatic rings. The third kappa shape index (κ3) is 3.13. The van der Waals surface area contributed by atoms with Gasteiger partial charge >= 0.3 is 6.72 Å². The Morgan fingerprint density at radius 2 is 2.03 bits per heavy atom. The summed E-state index contributed by atoms with van der Waals surface area (Å²) in [6.45, 7) is -3.47. The van der Waals surface area contributed by atoms with Crippen LogP contribution in [0.5, 0.6) is 0 Å². The molecule has 1 aromatic carbocycles. The lowest BCUT2D eigenvalue weighted by Crippen LogP contribution is -2.39. The van der Waals surface area contributed by atoms with Crippen molar-refractivity contribution in [1.82, 2.24) is 19.5 Å². The van der Waals surface area contributed by atoms with Gasteiger partial charge in [-0.1, -0.05) is 0 Å². The van der Waals surface area contributed by atoms with E-state index in [0.717, 1.165) is 0 Å². The van der Waals surface area contributed by atoms with Crippen molar-refractivity contribution in [2.75, 3.05) is 12.3 Å². The first kappa shape index (κ1) is 18.9. The highest BCUT2D eigenvalue weighted by Gasteiger charge is 2.51. The number of hydrogen-bond acceptors (Lipinski definition) is 9. The number of aliphatic hydroxyl groups is 1. The number of nitrogens with two attached hydrogens (primary N) is 1. The second-order valence-corrected chi connectivity index (χ2v) is 9.42. The lowest BCUT2D eigenvalue weighted by Gasteiger charge is -2.30. The van der Waals surface area contributed by atoms with E-state index in [-0.39, 0.29) is 12.4 Å². The van der Waals surface area contributed by atoms with Crippen molar-refractivity contribution in [2.24, 2.45) is 0 Å². The molecule has 0 radical (unpaired) electrons. The maximum absolute atomic E-state index is 13.4. The van der Waals surface area contributed by atoms with Crippen LogP contribution in [0.4, 0.5) is 10.2 Å². The monoisotopic (exact) mass is 439 g/mol. The lowest BCUT2D eigenvalue weighted by molar-refractivity contribution is -0.0587. The van der Waals surface area contributed by atoms with E-state index in [2.05, 4.69) is 15.0 Å². The number of aromatic nitrogens is 4. The highest BCUT2D eigenvalue weighted by molar-refractivity contribution is 8.07. The molecular weight excluding hydrogens is 424 g/mol. The van der Waals surface area contributed by atoms with Gasteiger partial charge in [0.15, 0.2) is 23.2 Å². The summed E-state index contributed by atoms with van der Waals surface area (Å²) in [5, 5.41) is 10.9. The topological polar surface area (TPSA) is 138 Å². The Balaban J connectivity index is 1.66. The molecule has 5 rings (SSSR count). The van der Waals surface area contributed by atoms with Gasteiger partial charge in [-0.2, -0.15) is 0 Å². The van der Waals surface area contributed by atoms with E-state index in [1.165, 1.54) is 30.6 Å². The quantitative estimate of drug-likeness (QED) is 0.498. The van der Waals surface area contributed by atoms with Crippen molar-refractivity contribution in [3.63, 3.8) is 0 Å². The number of fused-ring (bicyclic) bond motifs is 2. The molecule has 0 bridgehead atoms. The Morgan fingerprint density at radius 3 is 2.79 bits per heavy atom. The maximum atomic E-state index is 13.4. The number of halogens is 1. The van der Waals surface area contributed by atoms with Crippen LogP contribution in [0, 0.1) is 5.82 Å². The fraction of sp³-hybridized carbons (Fsp3) is 0.312. The Kier molecular flexibility index (Phi) is 4.40. The molecule has 3 aromatic rings. The number of rotatable bonds is 2. The fourth-order valence-electron chi connectivity index (χ4n) is 3.52. The molecule has 4 N–H and O–H groups in total. The molecule has 13 heteroatoms. The van der Waals surface area contributed by atoms with Crippen molar-refractivity contribution < 1.29 is 28.2 Å². The van der Waals surface area contributed by atoms with Crippen LogP contribution in [-0.2, 0) is 25.6 Å². The number of aliphatic hydroxyl groups excluding tert-OH is 1. The van der Waals surface area contributed by atoms with E-state index in [4.69, 9.17) is 31.3 Å². The van der Waals surface area contributed by atoms with E-state index < -0.39 is 37.1 Å². The van der Waals surface area contributed by atoms with Gasteiger partial charge in [-0.25, -0.2) is 19.3 Å². The van der Waals surface area contributed by atoms with Crippen molar-refractivity contribution in [1.29, 1.82) is 0 Å². The minimum atomic E-state index is -3.45. The zero-order valence-corrected chi connectivity index (χ0v) is 16.3. The van der Waals surface area contributed by atoms with Crippen molar-refractivity contribution in [2.45, 2.75) is 24.5 Å². The second-order valence-electron chi connectivity index (χ2n) is 6.63. The van der Waals surface area contributed by atoms with Gasteiger partial charge in [-0.05, 0) is 36.1 Å². The Bertz CT molecular complexity index is 1140. The van der Waals surface area contributed by atoms with Crippen molar-refractivity contribution in [3.05, 3.63) is 36.4 Å². The number of nitrogens with zero attached hydrogens (tertiary/aromatic N) is 4. The summed E-state index contributed by atoms with van der Waals surface area (Å²) in [7, 11) is 0. The standard InChI is InChI=1S/C16H15FN5O5PS/c17-8-3-1-7(2-4-8)14-21-10-13(18)19-6-20-15(10)22(14)16-11(23)12-9(26-16)5-25-28(24,29)27-12/h1-4,6,9,11-12,16,23H,5H2,(H,24,29)(H2,18,19,20)/t9?,11?,12-,16?,28?/m1/s1. The normalized spacial score (nSPS) is 31.8. The van der Waals surface area contributed by atoms with Gasteiger partial charge in [-0.15, -0.1) is 0 Å². The third-order valence-corrected chi connectivity index (χ3v) is 6.39. The summed E-state index contributed by atoms with van der Waals surface area (Å²) in [5.74, 6) is 0.0878. The van der Waals surface area contributed by atoms with Gasteiger partial charge < -0.3 is 25.0 Å². The molecule has 0 saturated carbocycles. The van der Waals surface area contributed by atoms with Crippen LogP contribution in [0.1, 0.15) is 6.23 Å². The van der Waals surface area contributed by atoms with Crippen LogP contribution in [0.25, 0.3) is 22.6 Å². The molecule has 2 saturated heterocycles. The van der Waals surface area contributed by atoms with Crippen LogP contribution in [-0.4, -0.2) is 54.4 Å². The number of anilines is 1. The fourth-order valence-corrected chi connectivity index (χ4v) is 4.96. The van der Waals surface area contributed by atoms with E-state index in [1.807, 2.05) is 0 Å². The van der Waals surface area contributed by atoms with Gasteiger partial charge in [-0.3, -0.25) is 9.09 Å². The zero-order chi connectivity index (χ0) is 20.3. The minimum Gasteiger partial charge on any atom is -0.386 e. The predicted octanol–water partition coefficient (Wildman–Crippen LogP) is 1.11. The highest BCUT2D eigenvalue weighted by atomic mass is 32.5. The zero-order valence-electron chi connectivity index (χ0n) is 14.6. The van der Waals surface area contributed by atoms with Crippen LogP contribution < -0.4 is 5.73 Å². The summed E-state index contributed by atoms with van der Waals surface area (Å²) >= 11 is 4.88. The SMILES string of the molecule is Nc1ncnc2c1nc(-c1ccc(F)cc1)n2C1OC2COP(O)(=S)O[C@H]2C1O. The number of nitrogen functional groups attached to an aromatic ring is 1. The number of imidazole rings is 1. The van der Waals surface area contributed by atoms with E-state index in [1.54, 1.807) is 4.57 Å². The summed E-state index contributed by atoms with van der Waals surface area (Å²) in [6, 6.07) is 5.66. The van der Waals surface area contributed by atoms with Gasteiger partial charge in [0.25, 0.3) is 0 Å². The molecule has 10 nitrogen and oxygen atoms in total. The molecule has 4 unspecified atom stereocenters. The average Bonchev–Trinajstić information content (AvgIpc) is 3.21. The molecule has 4 heterocycles. The first-order chi connectivity index (χ1) is 13.8. The third-order valence-electron chi connectivity index (χ3n) is 4.83. The predicted molar refractivity (Wildman–Crippen MR) is 102 cm³/mol. The molecule has 5 atom stereocenters. The lowest BCUT2D eigenvalue weighted by atomic mass is 10.1. The van der Waals surface area contributed by atoms with E-state index >= 15 is 0 Å². The summed E-state index contributed by atoms with van der Waals surface area (Å²) in [4.78, 5) is 22.6. The molecule has 2 aliphatic heterocycles. The van der Waals surface area contributed by atoms with Gasteiger partial charge in [0.1, 0.15) is 36.3 Å². The Labute approximate surface area is 168 Å². The summed E-state index contributed by atoms with van der Waals surface area (Å²) < 4.78 is 31.4. The van der Waals surface area contributed by atoms with Gasteiger partial charge in [0, 0.05) is 5.56 Å². The van der Waals surface area contributed by atoms with E-state index in [0.29, 0.717) is 22.6 Å². The second kappa shape index (κ2) is 6.74.